The second-order valence-electron chi connectivity index (χ2n) is 4.86. The van der Waals surface area contributed by atoms with E-state index in [0.717, 1.165) is 30.5 Å². The third-order valence-corrected chi connectivity index (χ3v) is 3.54. The molecule has 98 valence electrons. The molecule has 2 heterocycles. The molecule has 0 bridgehead atoms. The average Bonchev–Trinajstić information content (AvgIpc) is 2.88. The average molecular weight is 251 g/mol. The van der Waals surface area contributed by atoms with E-state index in [2.05, 4.69) is 10.2 Å². The van der Waals surface area contributed by atoms with Crippen molar-refractivity contribution in [2.24, 2.45) is 0 Å². The SMILES string of the molecule is O=C(c1n[nH]c2c1CCC2)N1CCOCC(O)C1. The molecule has 2 N–H and O–H groups in total. The molecule has 1 aromatic rings. The molecule has 1 saturated heterocycles. The molecular weight excluding hydrogens is 234 g/mol. The zero-order valence-corrected chi connectivity index (χ0v) is 10.2. The number of aliphatic hydroxyl groups excluding tert-OH is 1. The first kappa shape index (κ1) is 11.7. The Labute approximate surface area is 105 Å². The third kappa shape index (κ3) is 2.02. The van der Waals surface area contributed by atoms with Crippen LogP contribution in [0.5, 0.6) is 0 Å². The Morgan fingerprint density at radius 1 is 1.50 bits per heavy atom. The van der Waals surface area contributed by atoms with Crippen molar-refractivity contribution in [1.29, 1.82) is 0 Å². The molecule has 6 heteroatoms. The Kier molecular flexibility index (Phi) is 3.05. The molecule has 0 saturated carbocycles. The summed E-state index contributed by atoms with van der Waals surface area (Å²) in [7, 11) is 0. The van der Waals surface area contributed by atoms with E-state index in [9.17, 15) is 9.90 Å². The molecule has 1 aromatic heterocycles. The van der Waals surface area contributed by atoms with Gasteiger partial charge in [0.2, 0.25) is 0 Å². The van der Waals surface area contributed by atoms with Gasteiger partial charge in [-0.05, 0) is 19.3 Å². The number of rotatable bonds is 1. The lowest BCUT2D eigenvalue weighted by Crippen LogP contribution is -2.38. The van der Waals surface area contributed by atoms with E-state index >= 15 is 0 Å². The Morgan fingerprint density at radius 3 is 3.28 bits per heavy atom. The van der Waals surface area contributed by atoms with Crippen LogP contribution in [-0.4, -0.2) is 58.5 Å². The Morgan fingerprint density at radius 2 is 2.39 bits per heavy atom. The monoisotopic (exact) mass is 251 g/mol. The molecule has 1 amide bonds. The molecular formula is C12H17N3O3. The topological polar surface area (TPSA) is 78.5 Å². The summed E-state index contributed by atoms with van der Waals surface area (Å²) < 4.78 is 5.23. The second kappa shape index (κ2) is 4.70. The van der Waals surface area contributed by atoms with Crippen LogP contribution in [0.15, 0.2) is 0 Å². The van der Waals surface area contributed by atoms with Crippen LogP contribution in [0.3, 0.4) is 0 Å². The number of nitrogens with zero attached hydrogens (tertiary/aromatic N) is 2. The van der Waals surface area contributed by atoms with Gasteiger partial charge in [-0.15, -0.1) is 0 Å². The maximum Gasteiger partial charge on any atom is 0.274 e. The number of hydrogen-bond donors (Lipinski definition) is 2. The molecule has 1 fully saturated rings. The van der Waals surface area contributed by atoms with Gasteiger partial charge in [0.25, 0.3) is 5.91 Å². The molecule has 1 aliphatic carbocycles. The predicted octanol–water partition coefficient (Wildman–Crippen LogP) is -0.268. The largest absolute Gasteiger partial charge is 0.389 e. The predicted molar refractivity (Wildman–Crippen MR) is 63.3 cm³/mol. The minimum Gasteiger partial charge on any atom is -0.389 e. The first-order valence-corrected chi connectivity index (χ1v) is 6.37. The van der Waals surface area contributed by atoms with Gasteiger partial charge in [-0.2, -0.15) is 5.10 Å². The summed E-state index contributed by atoms with van der Waals surface area (Å²) in [6.45, 7) is 1.59. The molecule has 0 spiro atoms. The highest BCUT2D eigenvalue weighted by Gasteiger charge is 2.28. The molecule has 18 heavy (non-hydrogen) atoms. The summed E-state index contributed by atoms with van der Waals surface area (Å²) in [5.74, 6) is -0.0982. The number of fused-ring (bicyclic) bond motifs is 1. The van der Waals surface area contributed by atoms with Crippen LogP contribution in [0.4, 0.5) is 0 Å². The standard InChI is InChI=1S/C12H17N3O3/c16-8-6-15(4-5-18-7-8)12(17)11-9-2-1-3-10(9)13-14-11/h8,16H,1-7H2,(H,13,14). The molecule has 1 atom stereocenters. The van der Waals surface area contributed by atoms with Crippen LogP contribution in [0.1, 0.15) is 28.2 Å². The van der Waals surface area contributed by atoms with Crippen LogP contribution in [0.2, 0.25) is 0 Å². The lowest BCUT2D eigenvalue weighted by atomic mass is 10.2. The van der Waals surface area contributed by atoms with E-state index in [1.165, 1.54) is 0 Å². The number of amides is 1. The van der Waals surface area contributed by atoms with Crippen LogP contribution in [0, 0.1) is 0 Å². The molecule has 1 unspecified atom stereocenters. The molecule has 0 radical (unpaired) electrons. The van der Waals surface area contributed by atoms with Gasteiger partial charge in [-0.1, -0.05) is 0 Å². The number of H-pyrrole nitrogens is 1. The smallest absolute Gasteiger partial charge is 0.274 e. The van der Waals surface area contributed by atoms with Gasteiger partial charge in [0.1, 0.15) is 0 Å². The van der Waals surface area contributed by atoms with Crippen LogP contribution >= 0.6 is 0 Å². The quantitative estimate of drug-likeness (QED) is 0.720. The minimum absolute atomic E-state index is 0.0982. The van der Waals surface area contributed by atoms with Gasteiger partial charge in [-0.3, -0.25) is 9.89 Å². The van der Waals surface area contributed by atoms with Crippen LogP contribution in [0.25, 0.3) is 0 Å². The molecule has 6 nitrogen and oxygen atoms in total. The number of β-amino-alcohol motifs (C(OH)–C–C–N with tert-alkyl or cyclic N) is 1. The summed E-state index contributed by atoms with van der Waals surface area (Å²) in [6, 6.07) is 0. The van der Waals surface area contributed by atoms with Crippen molar-refractivity contribution in [3.63, 3.8) is 0 Å². The van der Waals surface area contributed by atoms with Crippen molar-refractivity contribution in [2.75, 3.05) is 26.3 Å². The van der Waals surface area contributed by atoms with Crippen LogP contribution < -0.4 is 0 Å². The van der Waals surface area contributed by atoms with Crippen molar-refractivity contribution in [2.45, 2.75) is 25.4 Å². The van der Waals surface area contributed by atoms with E-state index in [0.29, 0.717) is 32.0 Å². The van der Waals surface area contributed by atoms with E-state index in [-0.39, 0.29) is 5.91 Å². The summed E-state index contributed by atoms with van der Waals surface area (Å²) in [4.78, 5) is 14.0. The molecule has 3 rings (SSSR count). The lowest BCUT2D eigenvalue weighted by Gasteiger charge is -2.20. The van der Waals surface area contributed by atoms with E-state index in [4.69, 9.17) is 4.74 Å². The maximum absolute atomic E-state index is 12.4. The summed E-state index contributed by atoms with van der Waals surface area (Å²) in [5, 5.41) is 16.7. The fourth-order valence-electron chi connectivity index (χ4n) is 2.62. The van der Waals surface area contributed by atoms with Crippen molar-refractivity contribution in [1.82, 2.24) is 15.1 Å². The van der Waals surface area contributed by atoms with Gasteiger partial charge >= 0.3 is 0 Å². The Hall–Kier alpha value is -1.40. The third-order valence-electron chi connectivity index (χ3n) is 3.54. The number of ether oxygens (including phenoxy) is 1. The number of aliphatic hydroxyl groups is 1. The second-order valence-corrected chi connectivity index (χ2v) is 4.86. The van der Waals surface area contributed by atoms with Gasteiger partial charge in [0.15, 0.2) is 5.69 Å². The minimum atomic E-state index is -0.608. The molecule has 1 aliphatic heterocycles. The van der Waals surface area contributed by atoms with Crippen molar-refractivity contribution in [3.05, 3.63) is 17.0 Å². The first-order chi connectivity index (χ1) is 8.75. The van der Waals surface area contributed by atoms with Crippen molar-refractivity contribution < 1.29 is 14.6 Å². The van der Waals surface area contributed by atoms with Gasteiger partial charge in [-0.25, -0.2) is 0 Å². The number of carbonyl (C=O) groups is 1. The summed E-state index contributed by atoms with van der Waals surface area (Å²) in [5.41, 5.74) is 2.67. The first-order valence-electron chi connectivity index (χ1n) is 6.37. The fraction of sp³-hybridized carbons (Fsp3) is 0.667. The van der Waals surface area contributed by atoms with Gasteiger partial charge in [0, 0.05) is 24.3 Å². The number of aromatic nitrogens is 2. The fourth-order valence-corrected chi connectivity index (χ4v) is 2.62. The van der Waals surface area contributed by atoms with Gasteiger partial charge < -0.3 is 14.7 Å². The number of hydrogen-bond acceptors (Lipinski definition) is 4. The summed E-state index contributed by atoms with van der Waals surface area (Å²) >= 11 is 0. The van der Waals surface area contributed by atoms with E-state index in [1.807, 2.05) is 0 Å². The number of carbonyl (C=O) groups excluding carboxylic acids is 1. The number of aryl methyl sites for hydroxylation is 1. The number of nitrogens with one attached hydrogen (secondary N) is 1. The zero-order valence-electron chi connectivity index (χ0n) is 10.2. The molecule has 0 aromatic carbocycles. The number of aromatic amines is 1. The Balaban J connectivity index is 1.80. The maximum atomic E-state index is 12.4. The molecule has 2 aliphatic rings. The van der Waals surface area contributed by atoms with Crippen molar-refractivity contribution >= 4 is 5.91 Å². The normalized spacial score (nSPS) is 23.8. The van der Waals surface area contributed by atoms with Gasteiger partial charge in [0.05, 0.1) is 19.3 Å². The lowest BCUT2D eigenvalue weighted by molar-refractivity contribution is 0.0532. The highest BCUT2D eigenvalue weighted by Crippen LogP contribution is 2.23. The highest BCUT2D eigenvalue weighted by atomic mass is 16.5. The zero-order chi connectivity index (χ0) is 12.5. The van der Waals surface area contributed by atoms with E-state index < -0.39 is 6.10 Å². The van der Waals surface area contributed by atoms with E-state index in [1.54, 1.807) is 4.90 Å². The van der Waals surface area contributed by atoms with Crippen molar-refractivity contribution in [3.8, 4) is 0 Å². The summed E-state index contributed by atoms with van der Waals surface area (Å²) in [6.07, 6.45) is 2.36. The van der Waals surface area contributed by atoms with Crippen LogP contribution in [-0.2, 0) is 17.6 Å². The Bertz CT molecular complexity index is 457. The highest BCUT2D eigenvalue weighted by molar-refractivity contribution is 5.94.